The molecule has 2 aliphatic rings. The van der Waals surface area contributed by atoms with Gasteiger partial charge in [0, 0.05) is 11.5 Å². The minimum absolute atomic E-state index is 0.0970. The second kappa shape index (κ2) is 27.7. The zero-order chi connectivity index (χ0) is 52.2. The van der Waals surface area contributed by atoms with Crippen LogP contribution in [0.25, 0.3) is 10.4 Å². The van der Waals surface area contributed by atoms with Crippen molar-refractivity contribution in [2.24, 2.45) is 5.11 Å². The lowest BCUT2D eigenvalue weighted by Gasteiger charge is -2.47. The molecule has 6 aromatic carbocycles. The van der Waals surface area contributed by atoms with E-state index in [2.05, 4.69) is 15.3 Å². The van der Waals surface area contributed by atoms with E-state index in [0.29, 0.717) is 0 Å². The first-order valence-electron chi connectivity index (χ1n) is 25.4. The van der Waals surface area contributed by atoms with Gasteiger partial charge in [0.25, 0.3) is 5.91 Å². The Morgan fingerprint density at radius 3 is 1.12 bits per heavy atom. The summed E-state index contributed by atoms with van der Waals surface area (Å²) in [4.78, 5) is 32.8. The molecule has 1 N–H and O–H groups in total. The third-order valence-corrected chi connectivity index (χ3v) is 12.7. The highest BCUT2D eigenvalue weighted by atomic mass is 16.6. The fourth-order valence-electron chi connectivity index (χ4n) is 9.07. The largest absolute Gasteiger partial charge is 0.458 e. The molecule has 2 aliphatic heterocycles. The number of benzene rings is 6. The van der Waals surface area contributed by atoms with Gasteiger partial charge in [-0.05, 0) is 59.7 Å². The van der Waals surface area contributed by atoms with Crippen LogP contribution in [0.3, 0.4) is 0 Å². The minimum atomic E-state index is -1.34. The summed E-state index contributed by atoms with van der Waals surface area (Å²) in [5.74, 6) is -1.25. The number of esters is 1. The lowest BCUT2D eigenvalue weighted by molar-refractivity contribution is -0.268. The zero-order valence-corrected chi connectivity index (χ0v) is 42.6. The fraction of sp³-hybridized carbons (Fsp3) is 0.367. The van der Waals surface area contributed by atoms with Crippen LogP contribution >= 0.6 is 0 Å². The van der Waals surface area contributed by atoms with E-state index in [0.717, 1.165) is 33.4 Å². The average molecular weight is 1020 g/mol. The Balaban J connectivity index is 1.14. The summed E-state index contributed by atoms with van der Waals surface area (Å²) in [5, 5.41) is 7.02. The van der Waals surface area contributed by atoms with Crippen molar-refractivity contribution in [1.29, 1.82) is 0 Å². The van der Waals surface area contributed by atoms with E-state index in [1.54, 1.807) is 20.8 Å². The summed E-state index contributed by atoms with van der Waals surface area (Å²) in [6.45, 7) is 5.78. The fourth-order valence-corrected chi connectivity index (χ4v) is 9.07. The summed E-state index contributed by atoms with van der Waals surface area (Å²) < 4.78 is 60.2. The van der Waals surface area contributed by atoms with E-state index in [1.165, 1.54) is 0 Å². The molecule has 0 unspecified atom stereocenters. The molecular formula is C60H66N4O11. The maximum atomic E-state index is 15.2. The van der Waals surface area contributed by atoms with Crippen LogP contribution in [-0.2, 0) is 91.9 Å². The summed E-state index contributed by atoms with van der Waals surface area (Å²) in [5.41, 5.74) is 14.0. The van der Waals surface area contributed by atoms with E-state index in [-0.39, 0.29) is 52.7 Å². The van der Waals surface area contributed by atoms with Crippen molar-refractivity contribution in [3.8, 4) is 0 Å². The first-order chi connectivity index (χ1) is 36.6. The molecule has 2 fully saturated rings. The Morgan fingerprint density at radius 1 is 0.467 bits per heavy atom. The molecule has 392 valence electrons. The molecule has 2 saturated heterocycles. The third-order valence-electron chi connectivity index (χ3n) is 12.7. The summed E-state index contributed by atoms with van der Waals surface area (Å²) in [6.07, 6.45) is -10.4. The van der Waals surface area contributed by atoms with Gasteiger partial charge in [0.05, 0.1) is 52.3 Å². The number of ether oxygens (including phenoxy) is 9. The van der Waals surface area contributed by atoms with Crippen LogP contribution < -0.4 is 5.32 Å². The van der Waals surface area contributed by atoms with Crippen LogP contribution in [0.1, 0.15) is 54.2 Å². The maximum Gasteiger partial charge on any atom is 0.338 e. The molecule has 0 radical (unpaired) electrons. The Labute approximate surface area is 438 Å². The van der Waals surface area contributed by atoms with Crippen LogP contribution in [0.5, 0.6) is 0 Å². The Kier molecular flexibility index (Phi) is 20.1. The number of rotatable bonds is 24. The Morgan fingerprint density at radius 2 is 0.773 bits per heavy atom. The quantitative estimate of drug-likeness (QED) is 0.0264. The highest BCUT2D eigenvalue weighted by molar-refractivity contribution is 5.82. The number of carbonyl (C=O) groups excluding carboxylic acids is 2. The molecule has 0 spiro atoms. The second-order valence-electron chi connectivity index (χ2n) is 19.4. The molecular weight excluding hydrogens is 953 g/mol. The highest BCUT2D eigenvalue weighted by Gasteiger charge is 2.54. The van der Waals surface area contributed by atoms with E-state index >= 15 is 4.79 Å². The van der Waals surface area contributed by atoms with E-state index in [9.17, 15) is 10.3 Å². The van der Waals surface area contributed by atoms with Crippen molar-refractivity contribution < 1.29 is 52.2 Å². The molecule has 1 amide bonds. The van der Waals surface area contributed by atoms with E-state index in [1.807, 2.05) is 182 Å². The number of carbonyl (C=O) groups is 2. The SMILES string of the molecule is CC(C)(C)OC(=O)[C@@H]1O[C@H](CNC(=O)[C@@H]2O[C@H](CN=[N+]=[N-])[C@@H](OCc3ccccc3)[C@H](OCc3ccccc3)[C@H]2OCc2ccccc2)[C@@H](OCc2ccccc2)[C@H](OCc2ccccc2)[C@H]1OCc1ccccc1. The van der Waals surface area contributed by atoms with Gasteiger partial charge in [-0.2, -0.15) is 0 Å². The molecule has 15 nitrogen and oxygen atoms in total. The first kappa shape index (κ1) is 54.5. The normalized spacial score (nSPS) is 23.6. The molecule has 0 aliphatic carbocycles. The van der Waals surface area contributed by atoms with Gasteiger partial charge in [-0.15, -0.1) is 0 Å². The van der Waals surface area contributed by atoms with Crippen LogP contribution in [0.15, 0.2) is 187 Å². The number of amides is 1. The number of nitrogens with zero attached hydrogens (tertiary/aromatic N) is 3. The molecule has 75 heavy (non-hydrogen) atoms. The predicted molar refractivity (Wildman–Crippen MR) is 280 cm³/mol. The average Bonchev–Trinajstić information content (AvgIpc) is 3.44. The number of hydrogen-bond acceptors (Lipinski definition) is 12. The molecule has 0 aromatic heterocycles. The molecule has 0 saturated carbocycles. The van der Waals surface area contributed by atoms with Crippen molar-refractivity contribution in [3.63, 3.8) is 0 Å². The molecule has 8 rings (SSSR count). The van der Waals surface area contributed by atoms with Gasteiger partial charge in [0.15, 0.2) is 12.2 Å². The minimum Gasteiger partial charge on any atom is -0.458 e. The second-order valence-corrected chi connectivity index (χ2v) is 19.4. The van der Waals surface area contributed by atoms with Crippen LogP contribution in [-0.4, -0.2) is 91.6 Å². The van der Waals surface area contributed by atoms with Crippen LogP contribution in [0.2, 0.25) is 0 Å². The summed E-state index contributed by atoms with van der Waals surface area (Å²) in [7, 11) is 0. The molecule has 2 heterocycles. The smallest absolute Gasteiger partial charge is 0.338 e. The number of azide groups is 1. The zero-order valence-electron chi connectivity index (χ0n) is 42.6. The van der Waals surface area contributed by atoms with Crippen LogP contribution in [0.4, 0.5) is 0 Å². The van der Waals surface area contributed by atoms with Gasteiger partial charge in [-0.1, -0.05) is 187 Å². The van der Waals surface area contributed by atoms with Gasteiger partial charge in [-0.3, -0.25) is 4.79 Å². The maximum absolute atomic E-state index is 15.2. The monoisotopic (exact) mass is 1020 g/mol. The predicted octanol–water partition coefficient (Wildman–Crippen LogP) is 9.80. The van der Waals surface area contributed by atoms with Crippen molar-refractivity contribution in [2.45, 2.75) is 127 Å². The van der Waals surface area contributed by atoms with Crippen molar-refractivity contribution in [2.75, 3.05) is 13.1 Å². The van der Waals surface area contributed by atoms with Gasteiger partial charge >= 0.3 is 5.97 Å². The van der Waals surface area contributed by atoms with Gasteiger partial charge < -0.3 is 47.9 Å². The molecule has 10 atom stereocenters. The lowest BCUT2D eigenvalue weighted by Crippen LogP contribution is -2.66. The topological polar surface area (TPSA) is 178 Å². The number of nitrogens with one attached hydrogen (secondary N) is 1. The first-order valence-corrected chi connectivity index (χ1v) is 25.4. The Hall–Kier alpha value is -6.75. The molecule has 15 heteroatoms. The van der Waals surface area contributed by atoms with Gasteiger partial charge in [0.2, 0.25) is 0 Å². The van der Waals surface area contributed by atoms with Crippen LogP contribution in [0, 0.1) is 0 Å². The number of hydrogen-bond donors (Lipinski definition) is 1. The van der Waals surface area contributed by atoms with E-state index in [4.69, 9.17) is 42.6 Å². The van der Waals surface area contributed by atoms with Gasteiger partial charge in [-0.25, -0.2) is 4.79 Å². The van der Waals surface area contributed by atoms with Gasteiger partial charge in [0.1, 0.15) is 48.3 Å². The Bertz CT molecular complexity index is 2680. The van der Waals surface area contributed by atoms with E-state index < -0.39 is 78.5 Å². The lowest BCUT2D eigenvalue weighted by atomic mass is 9.92. The third kappa shape index (κ3) is 16.1. The highest BCUT2D eigenvalue weighted by Crippen LogP contribution is 2.34. The molecule has 6 aromatic rings. The van der Waals surface area contributed by atoms with Crippen molar-refractivity contribution in [1.82, 2.24) is 5.32 Å². The molecule has 0 bridgehead atoms. The summed E-state index contributed by atoms with van der Waals surface area (Å²) in [6, 6.07) is 57.8. The summed E-state index contributed by atoms with van der Waals surface area (Å²) >= 11 is 0. The van der Waals surface area contributed by atoms with Crippen molar-refractivity contribution >= 4 is 11.9 Å². The standard InChI is InChI=1S/C60H66N4O11/c1-60(2,3)75-59(66)57-55(72-41-47-32-20-9-21-33-47)53(70-39-45-28-16-7-17-29-45)50(67-36-42-22-10-4-11-23-42)48(74-57)34-62-58(65)56-54(71-40-46-30-18-8-19-31-46)52(69-38-44-26-14-6-15-27-44)51(49(73-56)35-63-64-61)68-37-43-24-12-5-13-25-43/h4-33,48-57H,34-41H2,1-3H3,(H,62,65)/t48-,49-,50-,51-,52+,53+,54-,55-,56-,57-/m1/s1. The van der Waals surface area contributed by atoms with Crippen molar-refractivity contribution in [3.05, 3.63) is 226 Å².